The Balaban J connectivity index is 1.68. The van der Waals surface area contributed by atoms with Crippen LogP contribution >= 0.6 is 11.6 Å². The number of amides is 1. The smallest absolute Gasteiger partial charge is 0.269 e. The fourth-order valence-electron chi connectivity index (χ4n) is 2.54. The zero-order valence-corrected chi connectivity index (χ0v) is 15.1. The number of non-ortho nitro benzene ring substituents is 1. The van der Waals surface area contributed by atoms with Gasteiger partial charge in [0.2, 0.25) is 5.91 Å². The molecule has 0 unspecified atom stereocenters. The van der Waals surface area contributed by atoms with Crippen molar-refractivity contribution < 1.29 is 9.72 Å². The van der Waals surface area contributed by atoms with Crippen LogP contribution in [-0.2, 0) is 11.2 Å². The quantitative estimate of drug-likeness (QED) is 0.314. The summed E-state index contributed by atoms with van der Waals surface area (Å²) >= 11 is 6.17. The molecule has 2 aromatic carbocycles. The maximum absolute atomic E-state index is 12.0. The van der Waals surface area contributed by atoms with Crippen LogP contribution < -0.4 is 5.43 Å². The van der Waals surface area contributed by atoms with Gasteiger partial charge in [-0.2, -0.15) is 5.10 Å². The second-order valence-electron chi connectivity index (χ2n) is 5.96. The number of hydrogen-bond acceptors (Lipinski definition) is 5. The van der Waals surface area contributed by atoms with E-state index in [1.165, 1.54) is 24.4 Å². The third kappa shape index (κ3) is 4.65. The number of nitrogens with one attached hydrogen (secondary N) is 1. The number of hydrogen-bond donors (Lipinski definition) is 1. The molecule has 27 heavy (non-hydrogen) atoms. The first-order valence-corrected chi connectivity index (χ1v) is 8.42. The Morgan fingerprint density at radius 3 is 2.89 bits per heavy atom. The van der Waals surface area contributed by atoms with Gasteiger partial charge in [-0.1, -0.05) is 35.9 Å². The largest absolute Gasteiger partial charge is 0.273 e. The molecule has 8 heteroatoms. The predicted octanol–water partition coefficient (Wildman–Crippen LogP) is 3.80. The number of pyridine rings is 1. The summed E-state index contributed by atoms with van der Waals surface area (Å²) in [4.78, 5) is 26.6. The molecule has 1 amide bonds. The molecular weight excluding hydrogens is 368 g/mol. The van der Waals surface area contributed by atoms with Crippen molar-refractivity contribution in [1.29, 1.82) is 0 Å². The summed E-state index contributed by atoms with van der Waals surface area (Å²) in [5.74, 6) is -0.396. The van der Waals surface area contributed by atoms with Crippen molar-refractivity contribution in [2.75, 3.05) is 0 Å². The maximum atomic E-state index is 12.0. The van der Waals surface area contributed by atoms with Crippen molar-refractivity contribution in [3.8, 4) is 0 Å². The summed E-state index contributed by atoms with van der Waals surface area (Å²) in [6.45, 7) is 1.97. The van der Waals surface area contributed by atoms with E-state index in [-0.39, 0.29) is 17.3 Å². The highest BCUT2D eigenvalue weighted by molar-refractivity contribution is 6.32. The van der Waals surface area contributed by atoms with Gasteiger partial charge >= 0.3 is 0 Å². The Hall–Kier alpha value is -3.32. The normalized spacial score (nSPS) is 11.0. The number of carbonyl (C=O) groups is 1. The molecule has 0 aliphatic carbocycles. The number of nitro groups is 1. The van der Waals surface area contributed by atoms with Crippen LogP contribution in [0.15, 0.2) is 53.6 Å². The van der Waals surface area contributed by atoms with Crippen LogP contribution in [0.5, 0.6) is 0 Å². The van der Waals surface area contributed by atoms with Crippen molar-refractivity contribution in [2.24, 2.45) is 5.10 Å². The van der Waals surface area contributed by atoms with Gasteiger partial charge in [-0.15, -0.1) is 0 Å². The minimum atomic E-state index is -0.504. The lowest BCUT2D eigenvalue weighted by molar-refractivity contribution is -0.384. The van der Waals surface area contributed by atoms with Crippen molar-refractivity contribution in [3.05, 3.63) is 80.5 Å². The van der Waals surface area contributed by atoms with Gasteiger partial charge in [0.15, 0.2) is 0 Å². The number of rotatable bonds is 5. The van der Waals surface area contributed by atoms with Crippen LogP contribution in [-0.4, -0.2) is 22.0 Å². The zero-order valence-electron chi connectivity index (χ0n) is 14.3. The summed E-state index contributed by atoms with van der Waals surface area (Å²) in [6.07, 6.45) is 1.39. The topological polar surface area (TPSA) is 97.5 Å². The second-order valence-corrected chi connectivity index (χ2v) is 6.32. The highest BCUT2D eigenvalue weighted by atomic mass is 35.5. The minimum absolute atomic E-state index is 0.0258. The number of halogens is 1. The Morgan fingerprint density at radius 1 is 1.30 bits per heavy atom. The van der Waals surface area contributed by atoms with Crippen molar-refractivity contribution in [1.82, 2.24) is 10.4 Å². The van der Waals surface area contributed by atoms with E-state index in [4.69, 9.17) is 11.6 Å². The SMILES string of the molecule is Cc1ccc2cc(/C=N\NC(=O)Cc3cccc([N+](=O)[O-])c3)c(Cl)nc2c1. The molecule has 3 aromatic rings. The van der Waals surface area contributed by atoms with E-state index in [1.54, 1.807) is 6.07 Å². The fraction of sp³-hybridized carbons (Fsp3) is 0.105. The lowest BCUT2D eigenvalue weighted by Gasteiger charge is -2.03. The summed E-state index contributed by atoms with van der Waals surface area (Å²) in [6, 6.07) is 13.6. The second kappa shape index (κ2) is 7.92. The van der Waals surface area contributed by atoms with Gasteiger partial charge in [0.25, 0.3) is 5.69 Å². The first-order chi connectivity index (χ1) is 12.9. The number of nitrogens with zero attached hydrogens (tertiary/aromatic N) is 3. The molecule has 0 saturated heterocycles. The van der Waals surface area contributed by atoms with Crippen LogP contribution in [0.2, 0.25) is 5.15 Å². The molecule has 0 fully saturated rings. The molecule has 1 heterocycles. The number of aromatic nitrogens is 1. The predicted molar refractivity (Wildman–Crippen MR) is 104 cm³/mol. The third-order valence-electron chi connectivity index (χ3n) is 3.83. The molecule has 3 rings (SSSR count). The van der Waals surface area contributed by atoms with Crippen molar-refractivity contribution in [3.63, 3.8) is 0 Å². The van der Waals surface area contributed by atoms with Gasteiger partial charge in [-0.3, -0.25) is 14.9 Å². The van der Waals surface area contributed by atoms with Crippen LogP contribution in [0.3, 0.4) is 0 Å². The van der Waals surface area contributed by atoms with Gasteiger partial charge in [-0.25, -0.2) is 10.4 Å². The molecule has 1 aromatic heterocycles. The van der Waals surface area contributed by atoms with E-state index in [1.807, 2.05) is 31.2 Å². The van der Waals surface area contributed by atoms with E-state index in [9.17, 15) is 14.9 Å². The summed E-state index contributed by atoms with van der Waals surface area (Å²) in [5, 5.41) is 15.9. The Morgan fingerprint density at radius 2 is 2.11 bits per heavy atom. The first kappa shape index (κ1) is 18.5. The molecule has 0 atom stereocenters. The Bertz CT molecular complexity index is 1070. The lowest BCUT2D eigenvalue weighted by atomic mass is 10.1. The maximum Gasteiger partial charge on any atom is 0.269 e. The molecule has 1 N–H and O–H groups in total. The average molecular weight is 383 g/mol. The molecular formula is C19H15ClN4O3. The summed E-state index contributed by atoms with van der Waals surface area (Å²) in [5.41, 5.74) is 5.29. The van der Waals surface area contributed by atoms with Gasteiger partial charge in [-0.05, 0) is 30.2 Å². The minimum Gasteiger partial charge on any atom is -0.273 e. The van der Waals surface area contributed by atoms with Crippen LogP contribution in [0.1, 0.15) is 16.7 Å². The number of nitro benzene ring substituents is 1. The van der Waals surface area contributed by atoms with E-state index >= 15 is 0 Å². The van der Waals surface area contributed by atoms with E-state index in [0.29, 0.717) is 11.1 Å². The van der Waals surface area contributed by atoms with Gasteiger partial charge in [0, 0.05) is 23.1 Å². The number of hydrazone groups is 1. The number of aryl methyl sites for hydroxylation is 1. The number of fused-ring (bicyclic) bond motifs is 1. The average Bonchev–Trinajstić information content (AvgIpc) is 2.62. The van der Waals surface area contributed by atoms with Crippen LogP contribution in [0, 0.1) is 17.0 Å². The van der Waals surface area contributed by atoms with E-state index in [0.717, 1.165) is 16.5 Å². The van der Waals surface area contributed by atoms with E-state index < -0.39 is 10.8 Å². The van der Waals surface area contributed by atoms with Crippen molar-refractivity contribution >= 4 is 40.3 Å². The van der Waals surface area contributed by atoms with Gasteiger partial charge in [0.1, 0.15) is 5.15 Å². The molecule has 136 valence electrons. The van der Waals surface area contributed by atoms with Gasteiger partial charge in [0.05, 0.1) is 23.1 Å². The molecule has 0 aliphatic rings. The standard InChI is InChI=1S/C19H15ClN4O3/c1-12-5-6-14-10-15(19(20)22-17(14)7-12)11-21-23-18(25)9-13-3-2-4-16(8-13)24(26)27/h2-8,10-11H,9H2,1H3,(H,23,25)/b21-11-. The monoisotopic (exact) mass is 382 g/mol. The molecule has 0 radical (unpaired) electrons. The van der Waals surface area contributed by atoms with Crippen LogP contribution in [0.25, 0.3) is 10.9 Å². The van der Waals surface area contributed by atoms with Gasteiger partial charge < -0.3 is 0 Å². The molecule has 0 spiro atoms. The van der Waals surface area contributed by atoms with Crippen molar-refractivity contribution in [2.45, 2.75) is 13.3 Å². The van der Waals surface area contributed by atoms with Crippen LogP contribution in [0.4, 0.5) is 5.69 Å². The molecule has 7 nitrogen and oxygen atoms in total. The van der Waals surface area contributed by atoms with E-state index in [2.05, 4.69) is 15.5 Å². The summed E-state index contributed by atoms with van der Waals surface area (Å²) in [7, 11) is 0. The Kier molecular flexibility index (Phi) is 5.42. The molecule has 0 saturated carbocycles. The fourth-order valence-corrected chi connectivity index (χ4v) is 2.73. The third-order valence-corrected chi connectivity index (χ3v) is 4.14. The highest BCUT2D eigenvalue weighted by Crippen LogP contribution is 2.20. The zero-order chi connectivity index (χ0) is 19.4. The number of carbonyl (C=O) groups excluding carboxylic acids is 1. The highest BCUT2D eigenvalue weighted by Gasteiger charge is 2.09. The Labute approximate surface area is 159 Å². The first-order valence-electron chi connectivity index (χ1n) is 8.04. The lowest BCUT2D eigenvalue weighted by Crippen LogP contribution is -2.19. The number of benzene rings is 2. The molecule has 0 aliphatic heterocycles. The molecule has 0 bridgehead atoms. The summed E-state index contributed by atoms with van der Waals surface area (Å²) < 4.78 is 0.